The van der Waals surface area contributed by atoms with Gasteiger partial charge in [0.2, 0.25) is 21.9 Å². The number of H-pyrrole nitrogens is 2. The van der Waals surface area contributed by atoms with Crippen LogP contribution in [0, 0.1) is 0 Å². The monoisotopic (exact) mass is 554 g/mol. The van der Waals surface area contributed by atoms with E-state index in [-0.39, 0.29) is 10.8 Å². The molecule has 3 heterocycles. The number of carboxylic acids is 1. The van der Waals surface area contributed by atoms with Crippen LogP contribution in [-0.4, -0.2) is 71.1 Å². The number of ether oxygens (including phenoxy) is 1. The quantitative estimate of drug-likeness (QED) is 0.288. The van der Waals surface area contributed by atoms with Crippen molar-refractivity contribution >= 4 is 33.0 Å². The molecule has 38 heavy (non-hydrogen) atoms. The number of carboxylic acid groups (broad SMARTS) is 1. The Labute approximate surface area is 213 Å². The summed E-state index contributed by atoms with van der Waals surface area (Å²) >= 11 is 0. The first-order valence-electron chi connectivity index (χ1n) is 10.4. The molecular weight excluding hydrogens is 533 g/mol. The maximum Gasteiger partial charge on any atom is 0.490 e. The normalized spacial score (nSPS) is 11.8. The van der Waals surface area contributed by atoms with Crippen LogP contribution in [0.4, 0.5) is 19.1 Å². The molecule has 16 heteroatoms. The highest BCUT2D eigenvalue weighted by Crippen LogP contribution is 2.40. The van der Waals surface area contributed by atoms with Gasteiger partial charge >= 0.3 is 12.1 Å². The van der Waals surface area contributed by atoms with E-state index in [1.54, 1.807) is 30.5 Å². The number of nitrogens with one attached hydrogen (secondary N) is 2. The molecule has 4 rings (SSSR count). The fourth-order valence-corrected chi connectivity index (χ4v) is 4.25. The highest BCUT2D eigenvalue weighted by molar-refractivity contribution is 7.89. The Balaban J connectivity index is 0.000000505. The van der Waals surface area contributed by atoms with Gasteiger partial charge < -0.3 is 20.6 Å². The molecule has 0 atom stereocenters. The minimum Gasteiger partial charge on any atom is -0.481 e. The Morgan fingerprint density at radius 3 is 2.26 bits per heavy atom. The number of nitrogen functional groups attached to an aromatic ring is 1. The molecule has 4 aromatic rings. The Morgan fingerprint density at radius 1 is 1.13 bits per heavy atom. The first kappa shape index (κ1) is 28.1. The molecular formula is C22H21F3N6O6S. The summed E-state index contributed by atoms with van der Waals surface area (Å²) in [5, 5.41) is 7.42. The van der Waals surface area contributed by atoms with Crippen molar-refractivity contribution in [1.29, 1.82) is 0 Å². The highest BCUT2D eigenvalue weighted by atomic mass is 32.2. The van der Waals surface area contributed by atoms with Crippen molar-refractivity contribution in [3.63, 3.8) is 0 Å². The fraction of sp³-hybridized carbons (Fsp3) is 0.182. The number of aromatic amines is 2. The summed E-state index contributed by atoms with van der Waals surface area (Å²) in [5.74, 6) is -2.46. The van der Waals surface area contributed by atoms with E-state index in [2.05, 4.69) is 19.9 Å². The molecule has 12 nitrogen and oxygen atoms in total. The zero-order valence-electron chi connectivity index (χ0n) is 20.0. The van der Waals surface area contributed by atoms with Gasteiger partial charge in [0.25, 0.3) is 5.56 Å². The van der Waals surface area contributed by atoms with Gasteiger partial charge in [-0.15, -0.1) is 0 Å². The van der Waals surface area contributed by atoms with Crippen LogP contribution < -0.4 is 16.0 Å². The van der Waals surface area contributed by atoms with Gasteiger partial charge in [-0.1, -0.05) is 12.1 Å². The van der Waals surface area contributed by atoms with Crippen molar-refractivity contribution in [1.82, 2.24) is 24.2 Å². The van der Waals surface area contributed by atoms with Gasteiger partial charge in [-0.05, 0) is 29.8 Å². The third kappa shape index (κ3) is 5.60. The van der Waals surface area contributed by atoms with Crippen LogP contribution in [0.5, 0.6) is 5.88 Å². The second-order valence-electron chi connectivity index (χ2n) is 7.72. The van der Waals surface area contributed by atoms with E-state index < -0.39 is 27.7 Å². The number of methoxy groups -OCH3 is 1. The number of alkyl halides is 3. The van der Waals surface area contributed by atoms with Gasteiger partial charge in [0, 0.05) is 31.4 Å². The van der Waals surface area contributed by atoms with Gasteiger partial charge in [0.1, 0.15) is 5.65 Å². The number of halogens is 3. The third-order valence-electron chi connectivity index (χ3n) is 5.08. The van der Waals surface area contributed by atoms with Crippen LogP contribution >= 0.6 is 0 Å². The van der Waals surface area contributed by atoms with Crippen molar-refractivity contribution in [3.8, 4) is 28.3 Å². The van der Waals surface area contributed by atoms with E-state index in [1.807, 2.05) is 0 Å². The highest BCUT2D eigenvalue weighted by Gasteiger charge is 2.38. The molecule has 0 fully saturated rings. The number of aromatic nitrogens is 4. The minimum absolute atomic E-state index is 0.0255. The minimum atomic E-state index is -5.08. The van der Waals surface area contributed by atoms with Crippen LogP contribution in [0.3, 0.4) is 0 Å². The van der Waals surface area contributed by atoms with E-state index in [0.29, 0.717) is 39.3 Å². The molecule has 0 saturated heterocycles. The van der Waals surface area contributed by atoms with Crippen LogP contribution in [0.1, 0.15) is 0 Å². The number of benzene rings is 1. The molecule has 0 aliphatic rings. The van der Waals surface area contributed by atoms with Gasteiger partial charge in [0.05, 0.1) is 23.1 Å². The summed E-state index contributed by atoms with van der Waals surface area (Å²) < 4.78 is 63.1. The number of anilines is 1. The third-order valence-corrected chi connectivity index (χ3v) is 6.91. The number of carbonyl (C=O) groups is 1. The summed E-state index contributed by atoms with van der Waals surface area (Å²) in [6.45, 7) is 0. The Hall–Kier alpha value is -4.44. The summed E-state index contributed by atoms with van der Waals surface area (Å²) in [4.78, 5) is 35.9. The summed E-state index contributed by atoms with van der Waals surface area (Å²) in [6.07, 6.45) is -3.50. The average Bonchev–Trinajstić information content (AvgIpc) is 3.23. The maximum absolute atomic E-state index is 12.8. The molecule has 202 valence electrons. The van der Waals surface area contributed by atoms with Gasteiger partial charge in [0.15, 0.2) is 0 Å². The van der Waals surface area contributed by atoms with Crippen molar-refractivity contribution in [2.24, 2.45) is 0 Å². The number of nitrogens with zero attached hydrogens (tertiary/aromatic N) is 3. The molecule has 3 aromatic heterocycles. The summed E-state index contributed by atoms with van der Waals surface area (Å²) in [7, 11) is 0.848. The second-order valence-corrected chi connectivity index (χ2v) is 9.88. The molecule has 1 aromatic carbocycles. The molecule has 0 amide bonds. The number of rotatable bonds is 5. The molecule has 5 N–H and O–H groups in total. The molecule has 0 saturated carbocycles. The van der Waals surface area contributed by atoms with Crippen LogP contribution in [0.15, 0.2) is 52.3 Å². The predicted octanol–water partition coefficient (Wildman–Crippen LogP) is 2.45. The fourth-order valence-electron chi connectivity index (χ4n) is 3.35. The number of fused-ring (bicyclic) bond motifs is 1. The maximum atomic E-state index is 12.8. The zero-order valence-corrected chi connectivity index (χ0v) is 20.8. The van der Waals surface area contributed by atoms with Crippen molar-refractivity contribution in [3.05, 3.63) is 52.9 Å². The number of sulfonamides is 1. The Kier molecular flexibility index (Phi) is 7.78. The molecule has 0 aliphatic carbocycles. The molecule has 0 spiro atoms. The van der Waals surface area contributed by atoms with E-state index in [9.17, 15) is 26.4 Å². The topological polar surface area (TPSA) is 184 Å². The lowest BCUT2D eigenvalue weighted by molar-refractivity contribution is -0.192. The van der Waals surface area contributed by atoms with Gasteiger partial charge in [-0.2, -0.15) is 18.2 Å². The largest absolute Gasteiger partial charge is 0.490 e. The average molecular weight is 555 g/mol. The number of nitrogens with two attached hydrogens (primary N) is 1. The first-order valence-corrected chi connectivity index (χ1v) is 11.9. The zero-order chi connectivity index (χ0) is 28.4. The number of hydrogen-bond donors (Lipinski definition) is 4. The van der Waals surface area contributed by atoms with Crippen molar-refractivity contribution in [2.75, 3.05) is 26.9 Å². The lowest BCUT2D eigenvalue weighted by Gasteiger charge is -2.12. The van der Waals surface area contributed by atoms with Crippen molar-refractivity contribution in [2.45, 2.75) is 11.1 Å². The van der Waals surface area contributed by atoms with Crippen molar-refractivity contribution < 1.29 is 36.2 Å². The number of hydrogen-bond acceptors (Lipinski definition) is 8. The van der Waals surface area contributed by atoms with Crippen LogP contribution in [-0.2, 0) is 14.8 Å². The molecule has 0 bridgehead atoms. The lowest BCUT2D eigenvalue weighted by atomic mass is 10.00. The van der Waals surface area contributed by atoms with E-state index in [4.69, 9.17) is 20.4 Å². The number of pyridine rings is 1. The van der Waals surface area contributed by atoms with E-state index >= 15 is 0 Å². The first-order chi connectivity index (χ1) is 17.7. The smallest absolute Gasteiger partial charge is 0.481 e. The Bertz CT molecular complexity index is 1650. The molecule has 0 aliphatic heterocycles. The second kappa shape index (κ2) is 10.5. The molecule has 0 unspecified atom stereocenters. The van der Waals surface area contributed by atoms with Crippen LogP contribution in [0.25, 0.3) is 33.4 Å². The summed E-state index contributed by atoms with van der Waals surface area (Å²) in [5.41, 5.74) is 7.90. The van der Waals surface area contributed by atoms with E-state index in [1.165, 1.54) is 33.3 Å². The summed E-state index contributed by atoms with van der Waals surface area (Å²) in [6, 6.07) is 9.83. The standard InChI is InChI=1S/C20H20N6O4S.C2HF3O2/c1-26(2)31(28,29)12-8-6-11(7-9-12)16-14(13-5-4-10-22-19(13)30-3)15-17(23-16)24-20(21)25-18(15)27;3-2(4,5)1(6)7/h4-10H,1-3H3,(H4,21,23,24,25,27);(H,6,7). The van der Waals surface area contributed by atoms with Gasteiger partial charge in [-0.3, -0.25) is 9.78 Å². The van der Waals surface area contributed by atoms with Gasteiger partial charge in [-0.25, -0.2) is 22.5 Å². The van der Waals surface area contributed by atoms with Crippen LogP contribution in [0.2, 0.25) is 0 Å². The Morgan fingerprint density at radius 2 is 1.74 bits per heavy atom. The molecule has 0 radical (unpaired) electrons. The predicted molar refractivity (Wildman–Crippen MR) is 131 cm³/mol. The SMILES string of the molecule is COc1ncccc1-c1c(-c2ccc(S(=O)(=O)N(C)C)cc2)[nH]c2nc(N)[nH]c(=O)c12.O=C(O)C(F)(F)F. The number of aliphatic carboxylic acids is 1. The van der Waals surface area contributed by atoms with E-state index in [0.717, 1.165) is 4.31 Å². The lowest BCUT2D eigenvalue weighted by Crippen LogP contribution is -2.22.